The molecule has 1 fully saturated rings. The third-order valence-electron chi connectivity index (χ3n) is 4.75. The highest BCUT2D eigenvalue weighted by molar-refractivity contribution is 5.93. The van der Waals surface area contributed by atoms with Gasteiger partial charge in [-0.15, -0.1) is 0 Å². The minimum absolute atomic E-state index is 0.0412. The molecule has 2 aromatic carbocycles. The number of ether oxygens (including phenoxy) is 1. The number of methoxy groups -OCH3 is 1. The molecule has 1 N–H and O–H groups in total. The van der Waals surface area contributed by atoms with Crippen LogP contribution in [-0.4, -0.2) is 36.9 Å². The Hall–Kier alpha value is -2.89. The Bertz CT molecular complexity index is 807. The van der Waals surface area contributed by atoms with E-state index in [2.05, 4.69) is 5.32 Å². The maximum atomic E-state index is 13.0. The summed E-state index contributed by atoms with van der Waals surface area (Å²) in [5.41, 5.74) is 1.44. The van der Waals surface area contributed by atoms with E-state index in [0.717, 1.165) is 18.4 Å². The van der Waals surface area contributed by atoms with Crippen LogP contribution in [0.15, 0.2) is 48.5 Å². The molecule has 5 nitrogen and oxygen atoms in total. The van der Waals surface area contributed by atoms with Crippen molar-refractivity contribution in [2.24, 2.45) is 5.92 Å². The first-order valence-electron chi connectivity index (χ1n) is 9.02. The Morgan fingerprint density at radius 3 is 2.74 bits per heavy atom. The number of piperidine rings is 1. The first kappa shape index (κ1) is 18.9. The summed E-state index contributed by atoms with van der Waals surface area (Å²) in [7, 11) is 1.58. The number of benzene rings is 2. The minimum Gasteiger partial charge on any atom is -0.497 e. The fraction of sp³-hybridized carbons (Fsp3) is 0.333. The molecule has 1 aliphatic heterocycles. The van der Waals surface area contributed by atoms with Crippen molar-refractivity contribution in [1.29, 1.82) is 0 Å². The van der Waals surface area contributed by atoms with E-state index in [0.29, 0.717) is 24.5 Å². The summed E-state index contributed by atoms with van der Waals surface area (Å²) >= 11 is 0. The van der Waals surface area contributed by atoms with Gasteiger partial charge in [0.1, 0.15) is 11.6 Å². The van der Waals surface area contributed by atoms with E-state index < -0.39 is 0 Å². The van der Waals surface area contributed by atoms with Crippen LogP contribution in [0.3, 0.4) is 0 Å². The number of amides is 2. The van der Waals surface area contributed by atoms with Crippen LogP contribution >= 0.6 is 0 Å². The largest absolute Gasteiger partial charge is 0.497 e. The smallest absolute Gasteiger partial charge is 0.229 e. The molecule has 0 bridgehead atoms. The van der Waals surface area contributed by atoms with Gasteiger partial charge in [-0.25, -0.2) is 4.39 Å². The number of hydrogen-bond donors (Lipinski definition) is 1. The first-order chi connectivity index (χ1) is 13.0. The van der Waals surface area contributed by atoms with Gasteiger partial charge in [0.25, 0.3) is 0 Å². The maximum absolute atomic E-state index is 13.0. The van der Waals surface area contributed by atoms with Crippen LogP contribution in [0, 0.1) is 11.7 Å². The number of anilines is 1. The molecule has 0 radical (unpaired) electrons. The van der Waals surface area contributed by atoms with Gasteiger partial charge in [-0.1, -0.05) is 18.2 Å². The Kier molecular flexibility index (Phi) is 6.06. The Morgan fingerprint density at radius 1 is 1.22 bits per heavy atom. The number of carbonyl (C=O) groups is 2. The number of nitrogens with zero attached hydrogens (tertiary/aromatic N) is 1. The normalized spacial score (nSPS) is 16.7. The van der Waals surface area contributed by atoms with Gasteiger partial charge < -0.3 is 15.0 Å². The minimum atomic E-state index is -0.321. The number of rotatable bonds is 5. The molecular weight excluding hydrogens is 347 g/mol. The summed E-state index contributed by atoms with van der Waals surface area (Å²) in [6, 6.07) is 13.1. The highest BCUT2D eigenvalue weighted by atomic mass is 19.1. The number of nitrogens with one attached hydrogen (secondary N) is 1. The van der Waals surface area contributed by atoms with Crippen LogP contribution in [0.5, 0.6) is 5.75 Å². The summed E-state index contributed by atoms with van der Waals surface area (Å²) in [5.74, 6) is -0.0314. The summed E-state index contributed by atoms with van der Waals surface area (Å²) in [6.07, 6.45) is 1.74. The molecule has 1 atom stereocenters. The van der Waals surface area contributed by atoms with Crippen molar-refractivity contribution in [3.63, 3.8) is 0 Å². The van der Waals surface area contributed by atoms with Crippen LogP contribution < -0.4 is 10.1 Å². The van der Waals surface area contributed by atoms with Gasteiger partial charge in [-0.3, -0.25) is 9.59 Å². The Labute approximate surface area is 158 Å². The van der Waals surface area contributed by atoms with E-state index in [1.807, 2.05) is 12.1 Å². The third kappa shape index (κ3) is 5.06. The molecule has 1 saturated heterocycles. The van der Waals surface area contributed by atoms with E-state index in [1.54, 1.807) is 36.3 Å². The number of carbonyl (C=O) groups excluding carboxylic acids is 2. The second-order valence-electron chi connectivity index (χ2n) is 6.70. The lowest BCUT2D eigenvalue weighted by Crippen LogP contribution is -2.44. The second kappa shape index (κ2) is 8.66. The van der Waals surface area contributed by atoms with Crippen LogP contribution in [0.4, 0.5) is 10.1 Å². The zero-order valence-electron chi connectivity index (χ0n) is 15.3. The molecule has 0 aromatic heterocycles. The molecule has 142 valence electrons. The van der Waals surface area contributed by atoms with E-state index in [1.165, 1.54) is 12.1 Å². The summed E-state index contributed by atoms with van der Waals surface area (Å²) < 4.78 is 18.2. The maximum Gasteiger partial charge on any atom is 0.229 e. The molecule has 1 unspecified atom stereocenters. The SMILES string of the molecule is COc1cccc(NC(=O)C2CCCN(C(=O)Cc3ccc(F)cc3)C2)c1. The average Bonchev–Trinajstić information content (AvgIpc) is 2.70. The molecule has 2 aromatic rings. The highest BCUT2D eigenvalue weighted by Crippen LogP contribution is 2.22. The topological polar surface area (TPSA) is 58.6 Å². The van der Waals surface area contributed by atoms with Gasteiger partial charge in [-0.2, -0.15) is 0 Å². The second-order valence-corrected chi connectivity index (χ2v) is 6.70. The molecule has 1 aliphatic rings. The fourth-order valence-corrected chi connectivity index (χ4v) is 3.25. The number of halogens is 1. The van der Waals surface area contributed by atoms with Crippen LogP contribution in [-0.2, 0) is 16.0 Å². The first-order valence-corrected chi connectivity index (χ1v) is 9.02. The van der Waals surface area contributed by atoms with Gasteiger partial charge in [0.2, 0.25) is 11.8 Å². The number of likely N-dealkylation sites (tertiary alicyclic amines) is 1. The number of hydrogen-bond acceptors (Lipinski definition) is 3. The van der Waals surface area contributed by atoms with Gasteiger partial charge in [0.05, 0.1) is 19.4 Å². The van der Waals surface area contributed by atoms with Gasteiger partial charge in [0.15, 0.2) is 0 Å². The van der Waals surface area contributed by atoms with Crippen molar-refractivity contribution in [3.05, 3.63) is 59.9 Å². The lowest BCUT2D eigenvalue weighted by atomic mass is 9.96. The predicted octanol–water partition coefficient (Wildman–Crippen LogP) is 3.25. The molecule has 6 heteroatoms. The lowest BCUT2D eigenvalue weighted by molar-refractivity contribution is -0.133. The van der Waals surface area contributed by atoms with E-state index in [-0.39, 0.29) is 30.0 Å². The fourth-order valence-electron chi connectivity index (χ4n) is 3.25. The average molecular weight is 370 g/mol. The molecular formula is C21H23FN2O3. The molecule has 0 spiro atoms. The zero-order chi connectivity index (χ0) is 19.2. The standard InChI is InChI=1S/C21H23FN2O3/c1-27-19-6-2-5-18(13-19)23-21(26)16-4-3-11-24(14-16)20(25)12-15-7-9-17(22)10-8-15/h2,5-10,13,16H,3-4,11-12,14H2,1H3,(H,23,26). The van der Waals surface area contributed by atoms with Crippen molar-refractivity contribution in [1.82, 2.24) is 4.90 Å². The van der Waals surface area contributed by atoms with Gasteiger partial charge in [0, 0.05) is 24.8 Å². The molecule has 0 aliphatic carbocycles. The molecule has 0 saturated carbocycles. The summed E-state index contributed by atoms with van der Waals surface area (Å²) in [6.45, 7) is 1.04. The van der Waals surface area contributed by atoms with Gasteiger partial charge in [-0.05, 0) is 42.7 Å². The van der Waals surface area contributed by atoms with Crippen LogP contribution in [0.2, 0.25) is 0 Å². The zero-order valence-corrected chi connectivity index (χ0v) is 15.3. The third-order valence-corrected chi connectivity index (χ3v) is 4.75. The predicted molar refractivity (Wildman–Crippen MR) is 101 cm³/mol. The van der Waals surface area contributed by atoms with E-state index in [4.69, 9.17) is 4.74 Å². The summed E-state index contributed by atoms with van der Waals surface area (Å²) in [4.78, 5) is 26.9. The molecule has 3 rings (SSSR count). The van der Waals surface area contributed by atoms with Crippen molar-refractivity contribution >= 4 is 17.5 Å². The monoisotopic (exact) mass is 370 g/mol. The molecule has 27 heavy (non-hydrogen) atoms. The lowest BCUT2D eigenvalue weighted by Gasteiger charge is -2.32. The van der Waals surface area contributed by atoms with Crippen LogP contribution in [0.1, 0.15) is 18.4 Å². The van der Waals surface area contributed by atoms with E-state index >= 15 is 0 Å². The van der Waals surface area contributed by atoms with Crippen molar-refractivity contribution in [2.45, 2.75) is 19.3 Å². The highest BCUT2D eigenvalue weighted by Gasteiger charge is 2.28. The van der Waals surface area contributed by atoms with E-state index in [9.17, 15) is 14.0 Å². The van der Waals surface area contributed by atoms with Crippen molar-refractivity contribution in [2.75, 3.05) is 25.5 Å². The molecule has 2 amide bonds. The van der Waals surface area contributed by atoms with Gasteiger partial charge >= 0.3 is 0 Å². The summed E-state index contributed by atoms with van der Waals surface area (Å²) in [5, 5.41) is 2.90. The Morgan fingerprint density at radius 2 is 2.00 bits per heavy atom. The van der Waals surface area contributed by atoms with Crippen molar-refractivity contribution in [3.8, 4) is 5.75 Å². The van der Waals surface area contributed by atoms with Crippen LogP contribution in [0.25, 0.3) is 0 Å². The van der Waals surface area contributed by atoms with Crippen molar-refractivity contribution < 1.29 is 18.7 Å². The molecule has 1 heterocycles. The quantitative estimate of drug-likeness (QED) is 0.879. The Balaban J connectivity index is 1.58.